The van der Waals surface area contributed by atoms with E-state index in [9.17, 15) is 24.3 Å². The van der Waals surface area contributed by atoms with Crippen LogP contribution < -0.4 is 0 Å². The van der Waals surface area contributed by atoms with E-state index < -0.39 is 12.0 Å². The molecule has 25 heavy (non-hydrogen) atoms. The Hall–Kier alpha value is -2.35. The van der Waals surface area contributed by atoms with Gasteiger partial charge in [-0.3, -0.25) is 19.3 Å². The Kier molecular flexibility index (Phi) is 5.08. The second-order valence-corrected chi connectivity index (χ2v) is 7.01. The number of imide groups is 1. The molecule has 1 aromatic carbocycles. The van der Waals surface area contributed by atoms with Gasteiger partial charge in [-0.05, 0) is 37.0 Å². The number of benzene rings is 1. The average molecular weight is 362 g/mol. The molecule has 3 amide bonds. The molecular formula is C17H18N2O5S. The van der Waals surface area contributed by atoms with E-state index in [0.717, 1.165) is 29.5 Å². The minimum absolute atomic E-state index is 0.119. The molecule has 1 unspecified atom stereocenters. The number of aliphatic carboxylic acids is 1. The third-order valence-electron chi connectivity index (χ3n) is 4.40. The SMILES string of the molecule is O=C(O)C1CCCCN1C(=O)c1cccc(CN2C(=O)CSC2=O)c1. The number of nitrogens with zero attached hydrogens (tertiary/aromatic N) is 2. The summed E-state index contributed by atoms with van der Waals surface area (Å²) < 4.78 is 0. The summed E-state index contributed by atoms with van der Waals surface area (Å²) in [6.07, 6.45) is 2.02. The van der Waals surface area contributed by atoms with Crippen LogP contribution >= 0.6 is 11.8 Å². The highest BCUT2D eigenvalue weighted by Gasteiger charge is 2.33. The van der Waals surface area contributed by atoms with Crippen molar-refractivity contribution in [1.82, 2.24) is 9.80 Å². The highest BCUT2D eigenvalue weighted by atomic mass is 32.2. The fourth-order valence-electron chi connectivity index (χ4n) is 3.12. The van der Waals surface area contributed by atoms with Crippen molar-refractivity contribution in [3.63, 3.8) is 0 Å². The fourth-order valence-corrected chi connectivity index (χ4v) is 3.84. The van der Waals surface area contributed by atoms with Crippen LogP contribution in [0, 0.1) is 0 Å². The average Bonchev–Trinajstić information content (AvgIpc) is 2.93. The molecule has 0 bridgehead atoms. The van der Waals surface area contributed by atoms with Gasteiger partial charge in [-0.15, -0.1) is 0 Å². The van der Waals surface area contributed by atoms with Crippen LogP contribution in [0.5, 0.6) is 0 Å². The summed E-state index contributed by atoms with van der Waals surface area (Å²) in [5.41, 5.74) is 1.04. The first-order valence-corrected chi connectivity index (χ1v) is 9.06. The maximum atomic E-state index is 12.7. The lowest BCUT2D eigenvalue weighted by Gasteiger charge is -2.33. The van der Waals surface area contributed by atoms with Crippen molar-refractivity contribution in [1.29, 1.82) is 0 Å². The van der Waals surface area contributed by atoms with Gasteiger partial charge in [0.1, 0.15) is 6.04 Å². The minimum atomic E-state index is -0.991. The molecule has 8 heteroatoms. The zero-order valence-electron chi connectivity index (χ0n) is 13.5. The van der Waals surface area contributed by atoms with Gasteiger partial charge in [0.2, 0.25) is 5.91 Å². The lowest BCUT2D eigenvalue weighted by atomic mass is 10.0. The van der Waals surface area contributed by atoms with E-state index in [0.29, 0.717) is 24.1 Å². The largest absolute Gasteiger partial charge is 0.480 e. The standard InChI is InChI=1S/C17H18N2O5S/c20-14-10-25-17(24)19(14)9-11-4-3-5-12(8-11)15(21)18-7-2-1-6-13(18)16(22)23/h3-5,8,13H,1-2,6-7,9-10H2,(H,22,23). The first-order valence-electron chi connectivity index (χ1n) is 8.07. The van der Waals surface area contributed by atoms with Crippen molar-refractivity contribution >= 4 is 34.8 Å². The molecule has 2 aliphatic rings. The topological polar surface area (TPSA) is 95.0 Å². The first kappa shape index (κ1) is 17.5. The number of likely N-dealkylation sites (tertiary alicyclic amines) is 1. The predicted octanol–water partition coefficient (Wildman–Crippen LogP) is 1.96. The van der Waals surface area contributed by atoms with Crippen LogP contribution in [0.15, 0.2) is 24.3 Å². The smallest absolute Gasteiger partial charge is 0.326 e. The first-order chi connectivity index (χ1) is 12.0. The van der Waals surface area contributed by atoms with Crippen LogP contribution in [0.1, 0.15) is 35.2 Å². The molecule has 2 fully saturated rings. The molecule has 0 saturated carbocycles. The molecule has 0 aliphatic carbocycles. The van der Waals surface area contributed by atoms with Gasteiger partial charge in [0.05, 0.1) is 12.3 Å². The quantitative estimate of drug-likeness (QED) is 0.880. The van der Waals surface area contributed by atoms with Crippen LogP contribution in [0.4, 0.5) is 4.79 Å². The van der Waals surface area contributed by atoms with E-state index >= 15 is 0 Å². The number of thioether (sulfide) groups is 1. The highest BCUT2D eigenvalue weighted by Crippen LogP contribution is 2.23. The van der Waals surface area contributed by atoms with Gasteiger partial charge in [-0.25, -0.2) is 4.79 Å². The monoisotopic (exact) mass is 362 g/mol. The van der Waals surface area contributed by atoms with E-state index in [-0.39, 0.29) is 29.4 Å². The van der Waals surface area contributed by atoms with E-state index in [1.807, 2.05) is 0 Å². The number of piperidine rings is 1. The molecular weight excluding hydrogens is 344 g/mol. The van der Waals surface area contributed by atoms with Gasteiger partial charge in [0, 0.05) is 12.1 Å². The second kappa shape index (κ2) is 7.26. The summed E-state index contributed by atoms with van der Waals surface area (Å²) in [4.78, 5) is 50.1. The van der Waals surface area contributed by atoms with Gasteiger partial charge < -0.3 is 10.0 Å². The molecule has 0 aromatic heterocycles. The van der Waals surface area contributed by atoms with Gasteiger partial charge in [0.25, 0.3) is 11.1 Å². The summed E-state index contributed by atoms with van der Waals surface area (Å²) in [6.45, 7) is 0.536. The van der Waals surface area contributed by atoms with E-state index in [2.05, 4.69) is 0 Å². The number of carboxylic acid groups (broad SMARTS) is 1. The number of carbonyl (C=O) groups is 4. The molecule has 1 atom stereocenters. The van der Waals surface area contributed by atoms with E-state index in [4.69, 9.17) is 0 Å². The number of carbonyl (C=O) groups excluding carboxylic acids is 3. The number of amides is 3. The third kappa shape index (κ3) is 3.68. The molecule has 2 aliphatic heterocycles. The summed E-state index contributed by atoms with van der Waals surface area (Å²) in [6, 6.07) is 5.87. The van der Waals surface area contributed by atoms with Crippen molar-refractivity contribution in [3.05, 3.63) is 35.4 Å². The third-order valence-corrected chi connectivity index (χ3v) is 5.26. The Labute approximate surface area is 149 Å². The molecule has 0 radical (unpaired) electrons. The lowest BCUT2D eigenvalue weighted by molar-refractivity contribution is -0.143. The van der Waals surface area contributed by atoms with Crippen LogP contribution in [0.2, 0.25) is 0 Å². The molecule has 1 aromatic rings. The number of hydrogen-bond acceptors (Lipinski definition) is 5. The summed E-state index contributed by atoms with van der Waals surface area (Å²) in [5.74, 6) is -1.42. The number of carboxylic acids is 1. The molecule has 2 heterocycles. The normalized spacial score (nSPS) is 20.9. The van der Waals surface area contributed by atoms with Gasteiger partial charge in [0.15, 0.2) is 0 Å². The summed E-state index contributed by atoms with van der Waals surface area (Å²) in [7, 11) is 0. The van der Waals surface area contributed by atoms with Crippen LogP contribution in [0.3, 0.4) is 0 Å². The van der Waals surface area contributed by atoms with Gasteiger partial charge in [-0.2, -0.15) is 0 Å². The van der Waals surface area contributed by atoms with Gasteiger partial charge >= 0.3 is 5.97 Å². The molecule has 2 saturated heterocycles. The molecule has 0 spiro atoms. The van der Waals surface area contributed by atoms with Crippen LogP contribution in [-0.2, 0) is 16.1 Å². The Bertz CT molecular complexity index is 720. The van der Waals surface area contributed by atoms with Crippen LogP contribution in [0.25, 0.3) is 0 Å². The van der Waals surface area contributed by atoms with Crippen molar-refractivity contribution in [3.8, 4) is 0 Å². The van der Waals surface area contributed by atoms with Crippen molar-refractivity contribution in [2.45, 2.75) is 31.8 Å². The van der Waals surface area contributed by atoms with Crippen LogP contribution in [-0.4, -0.2) is 56.3 Å². The Morgan fingerprint density at radius 2 is 2.04 bits per heavy atom. The van der Waals surface area contributed by atoms with Crippen molar-refractivity contribution in [2.75, 3.05) is 12.3 Å². The van der Waals surface area contributed by atoms with E-state index in [1.54, 1.807) is 24.3 Å². The van der Waals surface area contributed by atoms with Gasteiger partial charge in [-0.1, -0.05) is 23.9 Å². The molecule has 3 rings (SSSR count). The molecule has 132 valence electrons. The zero-order chi connectivity index (χ0) is 18.0. The van der Waals surface area contributed by atoms with E-state index in [1.165, 1.54) is 4.90 Å². The molecule has 7 nitrogen and oxygen atoms in total. The fraction of sp³-hybridized carbons (Fsp3) is 0.412. The summed E-state index contributed by atoms with van der Waals surface area (Å²) in [5, 5.41) is 9.04. The molecule has 1 N–H and O–H groups in total. The minimum Gasteiger partial charge on any atom is -0.480 e. The zero-order valence-corrected chi connectivity index (χ0v) is 14.3. The Balaban J connectivity index is 1.78. The Morgan fingerprint density at radius 3 is 2.72 bits per heavy atom. The maximum absolute atomic E-state index is 12.7. The predicted molar refractivity (Wildman–Crippen MR) is 91.2 cm³/mol. The second-order valence-electron chi connectivity index (χ2n) is 6.08. The maximum Gasteiger partial charge on any atom is 0.326 e. The summed E-state index contributed by atoms with van der Waals surface area (Å²) >= 11 is 0.966. The van der Waals surface area contributed by atoms with Crippen molar-refractivity contribution < 1.29 is 24.3 Å². The lowest BCUT2D eigenvalue weighted by Crippen LogP contribution is -2.48. The number of rotatable bonds is 4. The highest BCUT2D eigenvalue weighted by molar-refractivity contribution is 8.14. The van der Waals surface area contributed by atoms with Crippen molar-refractivity contribution in [2.24, 2.45) is 0 Å². The Morgan fingerprint density at radius 1 is 1.24 bits per heavy atom. The number of hydrogen-bond donors (Lipinski definition) is 1.